The molecule has 0 aliphatic carbocycles. The standard InChI is InChI=1S/C11H11F5OSi/c1-4-5-17-18(2,3)11-9(15)7(13)6(12)8(14)10(11)16/h4H,1,5H2,2-3H3. The summed E-state index contributed by atoms with van der Waals surface area (Å²) in [4.78, 5) is 0. The average Bonchev–Trinajstić information content (AvgIpc) is 2.31. The molecular weight excluding hydrogens is 271 g/mol. The maximum atomic E-state index is 13.5. The predicted molar refractivity (Wildman–Crippen MR) is 59.5 cm³/mol. The Morgan fingerprint density at radius 2 is 1.33 bits per heavy atom. The molecule has 0 heterocycles. The molecule has 1 aromatic carbocycles. The van der Waals surface area contributed by atoms with E-state index in [0.29, 0.717) is 0 Å². The van der Waals surface area contributed by atoms with Crippen molar-refractivity contribution < 1.29 is 26.4 Å². The fourth-order valence-electron chi connectivity index (χ4n) is 1.47. The van der Waals surface area contributed by atoms with Crippen LogP contribution in [-0.4, -0.2) is 14.9 Å². The summed E-state index contributed by atoms with van der Waals surface area (Å²) in [6.45, 7) is 6.01. The number of hydrogen-bond acceptors (Lipinski definition) is 1. The summed E-state index contributed by atoms with van der Waals surface area (Å²) in [5.74, 6) is -9.72. The van der Waals surface area contributed by atoms with E-state index in [9.17, 15) is 22.0 Å². The lowest BCUT2D eigenvalue weighted by atomic mass is 10.3. The molecule has 0 saturated carbocycles. The van der Waals surface area contributed by atoms with Crippen molar-refractivity contribution in [1.29, 1.82) is 0 Å². The third kappa shape index (κ3) is 2.46. The van der Waals surface area contributed by atoms with Crippen molar-refractivity contribution in [2.75, 3.05) is 6.61 Å². The second-order valence-electron chi connectivity index (χ2n) is 4.05. The Labute approximate surface area is 102 Å². The zero-order chi connectivity index (χ0) is 14.1. The minimum atomic E-state index is -3.24. The summed E-state index contributed by atoms with van der Waals surface area (Å²) in [5.41, 5.74) is 0. The van der Waals surface area contributed by atoms with Gasteiger partial charge >= 0.3 is 0 Å². The van der Waals surface area contributed by atoms with Crippen molar-refractivity contribution in [3.63, 3.8) is 0 Å². The van der Waals surface area contributed by atoms with E-state index < -0.39 is 42.6 Å². The Kier molecular flexibility index (Phi) is 4.28. The molecule has 7 heteroatoms. The summed E-state index contributed by atoms with van der Waals surface area (Å²) < 4.78 is 71.2. The van der Waals surface area contributed by atoms with Gasteiger partial charge in [0.2, 0.25) is 14.1 Å². The lowest BCUT2D eigenvalue weighted by molar-refractivity contribution is 0.351. The van der Waals surface area contributed by atoms with Crippen LogP contribution < -0.4 is 5.19 Å². The lowest BCUT2D eigenvalue weighted by Crippen LogP contribution is -2.49. The highest BCUT2D eigenvalue weighted by Gasteiger charge is 2.37. The van der Waals surface area contributed by atoms with E-state index in [2.05, 4.69) is 6.58 Å². The van der Waals surface area contributed by atoms with Crippen LogP contribution in [0.25, 0.3) is 0 Å². The van der Waals surface area contributed by atoms with Gasteiger partial charge in [-0.05, 0) is 13.1 Å². The van der Waals surface area contributed by atoms with Gasteiger partial charge in [-0.3, -0.25) is 0 Å². The summed E-state index contributed by atoms with van der Waals surface area (Å²) in [6.07, 6.45) is 1.33. The molecule has 0 aromatic heterocycles. The zero-order valence-corrected chi connectivity index (χ0v) is 10.8. The van der Waals surface area contributed by atoms with E-state index in [-0.39, 0.29) is 6.61 Å². The van der Waals surface area contributed by atoms with Gasteiger partial charge in [-0.25, -0.2) is 22.0 Å². The highest BCUT2D eigenvalue weighted by atomic mass is 28.4. The first-order chi connectivity index (χ1) is 8.24. The van der Waals surface area contributed by atoms with Crippen LogP contribution in [0.4, 0.5) is 22.0 Å². The summed E-state index contributed by atoms with van der Waals surface area (Å²) >= 11 is 0. The molecule has 1 rings (SSSR count). The fourth-order valence-corrected chi connectivity index (χ4v) is 3.43. The van der Waals surface area contributed by atoms with Crippen molar-refractivity contribution in [2.45, 2.75) is 13.1 Å². The molecule has 1 nitrogen and oxygen atoms in total. The van der Waals surface area contributed by atoms with Crippen molar-refractivity contribution in [3.8, 4) is 0 Å². The molecule has 0 N–H and O–H groups in total. The van der Waals surface area contributed by atoms with Crippen LogP contribution in [0, 0.1) is 29.1 Å². The van der Waals surface area contributed by atoms with Gasteiger partial charge in [-0.2, -0.15) is 0 Å². The molecule has 0 aliphatic rings. The van der Waals surface area contributed by atoms with E-state index >= 15 is 0 Å². The normalized spacial score (nSPS) is 11.7. The number of rotatable bonds is 4. The zero-order valence-electron chi connectivity index (χ0n) is 9.79. The Morgan fingerprint density at radius 3 is 1.72 bits per heavy atom. The van der Waals surface area contributed by atoms with E-state index in [0.717, 1.165) is 0 Å². The van der Waals surface area contributed by atoms with Crippen LogP contribution >= 0.6 is 0 Å². The molecule has 0 fully saturated rings. The Hall–Kier alpha value is -1.21. The minimum Gasteiger partial charge on any atom is -0.409 e. The topological polar surface area (TPSA) is 9.23 Å². The summed E-state index contributed by atoms with van der Waals surface area (Å²) in [5, 5.41) is -0.860. The highest BCUT2D eigenvalue weighted by Crippen LogP contribution is 2.20. The smallest absolute Gasteiger partial charge is 0.225 e. The second-order valence-corrected chi connectivity index (χ2v) is 7.86. The first kappa shape index (κ1) is 14.8. The molecule has 0 radical (unpaired) electrons. The molecule has 0 spiro atoms. The van der Waals surface area contributed by atoms with Crippen LogP contribution in [0.1, 0.15) is 0 Å². The van der Waals surface area contributed by atoms with Gasteiger partial charge in [0, 0.05) is 5.19 Å². The molecule has 0 atom stereocenters. The molecule has 0 amide bonds. The predicted octanol–water partition coefficient (Wildman–Crippen LogP) is 3.00. The Balaban J connectivity index is 3.45. The minimum absolute atomic E-state index is 0.0291. The molecule has 100 valence electrons. The van der Waals surface area contributed by atoms with Crippen LogP contribution in [0.5, 0.6) is 0 Å². The molecular formula is C11H11F5OSi. The van der Waals surface area contributed by atoms with Gasteiger partial charge in [0.05, 0.1) is 6.61 Å². The van der Waals surface area contributed by atoms with Crippen molar-refractivity contribution in [1.82, 2.24) is 0 Å². The monoisotopic (exact) mass is 282 g/mol. The van der Waals surface area contributed by atoms with Crippen LogP contribution in [0.2, 0.25) is 13.1 Å². The molecule has 0 bridgehead atoms. The Morgan fingerprint density at radius 1 is 0.944 bits per heavy atom. The van der Waals surface area contributed by atoms with Gasteiger partial charge in [0.25, 0.3) is 0 Å². The molecule has 18 heavy (non-hydrogen) atoms. The third-order valence-electron chi connectivity index (χ3n) is 2.37. The van der Waals surface area contributed by atoms with Crippen LogP contribution in [-0.2, 0) is 4.43 Å². The van der Waals surface area contributed by atoms with Gasteiger partial charge in [-0.1, -0.05) is 6.08 Å². The van der Waals surface area contributed by atoms with Crippen LogP contribution in [0.15, 0.2) is 12.7 Å². The van der Waals surface area contributed by atoms with E-state index in [1.807, 2.05) is 0 Å². The van der Waals surface area contributed by atoms with Crippen LogP contribution in [0.3, 0.4) is 0 Å². The SMILES string of the molecule is C=CCO[Si](C)(C)c1c(F)c(F)c(F)c(F)c1F. The maximum absolute atomic E-state index is 13.5. The first-order valence-electron chi connectivity index (χ1n) is 5.00. The quantitative estimate of drug-likeness (QED) is 0.271. The first-order valence-corrected chi connectivity index (χ1v) is 7.91. The molecule has 1 aromatic rings. The molecule has 0 unspecified atom stereocenters. The number of hydrogen-bond donors (Lipinski definition) is 0. The largest absolute Gasteiger partial charge is 0.409 e. The summed E-state index contributed by atoms with van der Waals surface area (Å²) in [7, 11) is -3.24. The number of halogens is 5. The molecule has 0 saturated heterocycles. The van der Waals surface area contributed by atoms with Crippen molar-refractivity contribution in [2.24, 2.45) is 0 Å². The third-order valence-corrected chi connectivity index (χ3v) is 4.91. The highest BCUT2D eigenvalue weighted by molar-refractivity contribution is 6.84. The van der Waals surface area contributed by atoms with Gasteiger partial charge in [0.15, 0.2) is 23.3 Å². The average molecular weight is 282 g/mol. The maximum Gasteiger partial charge on any atom is 0.225 e. The second kappa shape index (κ2) is 5.19. The van der Waals surface area contributed by atoms with E-state index in [1.54, 1.807) is 0 Å². The van der Waals surface area contributed by atoms with Gasteiger partial charge in [0.1, 0.15) is 0 Å². The van der Waals surface area contributed by atoms with E-state index in [4.69, 9.17) is 4.43 Å². The molecule has 0 aliphatic heterocycles. The lowest BCUT2D eigenvalue weighted by Gasteiger charge is -2.24. The Bertz CT molecular complexity index is 458. The summed E-state index contributed by atoms with van der Waals surface area (Å²) in [6, 6.07) is 0. The van der Waals surface area contributed by atoms with Gasteiger partial charge < -0.3 is 4.43 Å². The van der Waals surface area contributed by atoms with Gasteiger partial charge in [-0.15, -0.1) is 6.58 Å². The van der Waals surface area contributed by atoms with Crippen molar-refractivity contribution in [3.05, 3.63) is 41.7 Å². The van der Waals surface area contributed by atoms with E-state index in [1.165, 1.54) is 19.2 Å². The fraction of sp³-hybridized carbons (Fsp3) is 0.273. The number of benzene rings is 1. The van der Waals surface area contributed by atoms with Crippen molar-refractivity contribution >= 4 is 13.5 Å².